The predicted octanol–water partition coefficient (Wildman–Crippen LogP) is 4.87. The molecule has 5 rings (SSSR count). The summed E-state index contributed by atoms with van der Waals surface area (Å²) < 4.78 is 73.3. The van der Waals surface area contributed by atoms with Crippen LogP contribution in [0.2, 0.25) is 0 Å². The molecule has 1 N–H and O–H groups in total. The zero-order valence-electron chi connectivity index (χ0n) is 18.0. The molecule has 0 fully saturated rings. The fourth-order valence-electron chi connectivity index (χ4n) is 3.63. The molecule has 36 heavy (non-hydrogen) atoms. The number of alkyl halides is 5. The lowest BCUT2D eigenvalue weighted by Gasteiger charge is -2.14. The zero-order chi connectivity index (χ0) is 25.4. The Labute approximate surface area is 198 Å². The Hall–Kier alpha value is -4.55. The SMILES string of the molecule is O=c1c(-c2ccc(OC(F)F)cc2)c2nc(OCC(F)(F)F)ncc2cn1-c1ccc2nc[nH]c2c1. The minimum atomic E-state index is -4.61. The van der Waals surface area contributed by atoms with Crippen molar-refractivity contribution in [3.63, 3.8) is 0 Å². The summed E-state index contributed by atoms with van der Waals surface area (Å²) in [5, 5.41) is 0.321. The van der Waals surface area contributed by atoms with E-state index in [1.807, 2.05) is 0 Å². The van der Waals surface area contributed by atoms with E-state index < -0.39 is 31.0 Å². The molecule has 0 aliphatic heterocycles. The number of imidazole rings is 1. The topological polar surface area (TPSA) is 94.9 Å². The number of hydrogen-bond acceptors (Lipinski definition) is 6. The zero-order valence-corrected chi connectivity index (χ0v) is 18.0. The van der Waals surface area contributed by atoms with E-state index in [-0.39, 0.29) is 22.4 Å². The van der Waals surface area contributed by atoms with Crippen LogP contribution >= 0.6 is 0 Å². The van der Waals surface area contributed by atoms with E-state index in [1.54, 1.807) is 18.2 Å². The van der Waals surface area contributed by atoms with Gasteiger partial charge in [-0.25, -0.2) is 9.97 Å². The maximum Gasteiger partial charge on any atom is 0.422 e. The van der Waals surface area contributed by atoms with Crippen molar-refractivity contribution in [2.45, 2.75) is 12.8 Å². The summed E-state index contributed by atoms with van der Waals surface area (Å²) >= 11 is 0. The van der Waals surface area contributed by atoms with Gasteiger partial charge in [-0.3, -0.25) is 9.36 Å². The minimum Gasteiger partial charge on any atom is -0.454 e. The van der Waals surface area contributed by atoms with Crippen molar-refractivity contribution in [1.29, 1.82) is 0 Å². The summed E-state index contributed by atoms with van der Waals surface area (Å²) in [5.41, 5.74) is 1.54. The molecule has 3 heterocycles. The van der Waals surface area contributed by atoms with Gasteiger partial charge in [-0.1, -0.05) is 12.1 Å². The normalized spacial score (nSPS) is 11.9. The lowest BCUT2D eigenvalue weighted by atomic mass is 10.0. The molecule has 0 atom stereocenters. The number of nitrogens with zero attached hydrogens (tertiary/aromatic N) is 4. The Bertz CT molecular complexity index is 1610. The molecule has 0 amide bonds. The molecule has 0 radical (unpaired) electrons. The second-order valence-corrected chi connectivity index (χ2v) is 7.55. The van der Waals surface area contributed by atoms with Crippen molar-refractivity contribution in [2.24, 2.45) is 0 Å². The Kier molecular flexibility index (Phi) is 5.74. The Morgan fingerprint density at radius 3 is 2.56 bits per heavy atom. The molecule has 2 aromatic carbocycles. The van der Waals surface area contributed by atoms with Gasteiger partial charge in [-0.05, 0) is 35.9 Å². The van der Waals surface area contributed by atoms with Crippen molar-refractivity contribution < 1.29 is 31.4 Å². The second kappa shape index (κ2) is 8.91. The number of pyridine rings is 1. The number of H-pyrrole nitrogens is 1. The summed E-state index contributed by atoms with van der Waals surface area (Å²) in [6.07, 6.45) is -0.435. The van der Waals surface area contributed by atoms with Crippen molar-refractivity contribution in [2.75, 3.05) is 6.61 Å². The van der Waals surface area contributed by atoms with Gasteiger partial charge in [0.1, 0.15) is 5.75 Å². The van der Waals surface area contributed by atoms with Crippen LogP contribution in [0.15, 0.2) is 66.0 Å². The van der Waals surface area contributed by atoms with Crippen molar-refractivity contribution in [3.8, 4) is 28.6 Å². The fourth-order valence-corrected chi connectivity index (χ4v) is 3.63. The van der Waals surface area contributed by atoms with Gasteiger partial charge in [0.2, 0.25) is 0 Å². The molecular weight excluding hydrogens is 489 g/mol. The number of nitrogens with one attached hydrogen (secondary N) is 1. The highest BCUT2D eigenvalue weighted by atomic mass is 19.4. The first-order valence-corrected chi connectivity index (χ1v) is 10.3. The Balaban J connectivity index is 1.69. The van der Waals surface area contributed by atoms with Crippen molar-refractivity contribution >= 4 is 21.9 Å². The van der Waals surface area contributed by atoms with Crippen LogP contribution in [0.3, 0.4) is 0 Å². The monoisotopic (exact) mass is 503 g/mol. The first kappa shape index (κ1) is 23.2. The van der Waals surface area contributed by atoms with Gasteiger partial charge in [0, 0.05) is 17.8 Å². The van der Waals surface area contributed by atoms with Gasteiger partial charge >= 0.3 is 18.8 Å². The predicted molar refractivity (Wildman–Crippen MR) is 118 cm³/mol. The van der Waals surface area contributed by atoms with E-state index in [1.165, 1.54) is 47.6 Å². The second-order valence-electron chi connectivity index (χ2n) is 7.55. The molecule has 13 heteroatoms. The largest absolute Gasteiger partial charge is 0.454 e. The van der Waals surface area contributed by atoms with E-state index in [0.717, 1.165) is 0 Å². The maximum absolute atomic E-state index is 13.7. The van der Waals surface area contributed by atoms with Crippen LogP contribution in [-0.4, -0.2) is 43.9 Å². The summed E-state index contributed by atoms with van der Waals surface area (Å²) in [7, 11) is 0. The first-order chi connectivity index (χ1) is 17.2. The average Bonchev–Trinajstić information content (AvgIpc) is 3.30. The molecule has 0 spiro atoms. The molecule has 0 aliphatic rings. The van der Waals surface area contributed by atoms with Crippen LogP contribution in [0.1, 0.15) is 0 Å². The lowest BCUT2D eigenvalue weighted by molar-refractivity contribution is -0.154. The third kappa shape index (κ3) is 4.67. The highest BCUT2D eigenvalue weighted by molar-refractivity contribution is 5.93. The molecule has 5 aromatic rings. The smallest absolute Gasteiger partial charge is 0.422 e. The molecule has 0 aliphatic carbocycles. The Morgan fingerprint density at radius 1 is 1.06 bits per heavy atom. The van der Waals surface area contributed by atoms with Gasteiger partial charge in [-0.15, -0.1) is 0 Å². The van der Waals surface area contributed by atoms with Crippen LogP contribution in [0.4, 0.5) is 22.0 Å². The van der Waals surface area contributed by atoms with Crippen LogP contribution in [-0.2, 0) is 0 Å². The van der Waals surface area contributed by atoms with Crippen molar-refractivity contribution in [1.82, 2.24) is 24.5 Å². The fraction of sp³-hybridized carbons (Fsp3) is 0.130. The van der Waals surface area contributed by atoms with E-state index in [4.69, 9.17) is 0 Å². The Morgan fingerprint density at radius 2 is 1.83 bits per heavy atom. The summed E-state index contributed by atoms with van der Waals surface area (Å²) in [5.74, 6) is -0.136. The van der Waals surface area contributed by atoms with Gasteiger partial charge in [-0.2, -0.15) is 26.9 Å². The molecule has 184 valence electrons. The number of hydrogen-bond donors (Lipinski definition) is 1. The summed E-state index contributed by atoms with van der Waals surface area (Å²) in [6.45, 7) is -4.65. The number of aromatic nitrogens is 5. The quantitative estimate of drug-likeness (QED) is 0.333. The van der Waals surface area contributed by atoms with Gasteiger partial charge < -0.3 is 14.5 Å². The van der Waals surface area contributed by atoms with Crippen molar-refractivity contribution in [3.05, 3.63) is 71.5 Å². The van der Waals surface area contributed by atoms with E-state index in [9.17, 15) is 26.7 Å². The number of halogens is 5. The van der Waals surface area contributed by atoms with Crippen LogP contribution in [0.5, 0.6) is 11.8 Å². The lowest BCUT2D eigenvalue weighted by Crippen LogP contribution is -2.22. The number of ether oxygens (including phenoxy) is 2. The number of rotatable bonds is 6. The highest BCUT2D eigenvalue weighted by Crippen LogP contribution is 2.29. The molecule has 3 aromatic heterocycles. The van der Waals surface area contributed by atoms with Crippen LogP contribution in [0.25, 0.3) is 38.8 Å². The van der Waals surface area contributed by atoms with Crippen LogP contribution in [0, 0.1) is 0 Å². The van der Waals surface area contributed by atoms with E-state index in [2.05, 4.69) is 29.4 Å². The minimum absolute atomic E-state index is 0.0000586. The van der Waals surface area contributed by atoms with E-state index >= 15 is 0 Å². The van der Waals surface area contributed by atoms with Gasteiger partial charge in [0.15, 0.2) is 6.61 Å². The third-order valence-electron chi connectivity index (χ3n) is 5.15. The molecule has 0 unspecified atom stereocenters. The molecule has 0 saturated carbocycles. The standard InChI is InChI=1S/C23H14F5N5O3/c24-21(25)36-15-4-1-12(2-5-15)18-19-13(8-29-22(32-19)35-10-23(26,27)28)9-33(20(18)34)14-3-6-16-17(7-14)31-11-30-16/h1-9,11,21H,10H2,(H,30,31). The molecule has 0 saturated heterocycles. The molecule has 0 bridgehead atoms. The molecular formula is C23H14F5N5O3. The number of fused-ring (bicyclic) bond motifs is 2. The average molecular weight is 503 g/mol. The third-order valence-corrected chi connectivity index (χ3v) is 5.15. The first-order valence-electron chi connectivity index (χ1n) is 10.3. The van der Waals surface area contributed by atoms with Gasteiger partial charge in [0.25, 0.3) is 5.56 Å². The summed E-state index contributed by atoms with van der Waals surface area (Å²) in [6, 6.07) is 9.71. The van der Waals surface area contributed by atoms with E-state index in [0.29, 0.717) is 22.1 Å². The number of aromatic amines is 1. The number of benzene rings is 2. The molecule has 8 nitrogen and oxygen atoms in total. The van der Waals surface area contributed by atoms with Gasteiger partial charge in [0.05, 0.1) is 34.1 Å². The summed E-state index contributed by atoms with van der Waals surface area (Å²) in [4.78, 5) is 28.6. The maximum atomic E-state index is 13.7. The van der Waals surface area contributed by atoms with Crippen LogP contribution < -0.4 is 15.0 Å². The highest BCUT2D eigenvalue weighted by Gasteiger charge is 2.29.